The summed E-state index contributed by atoms with van der Waals surface area (Å²) < 4.78 is 4.36. The highest BCUT2D eigenvalue weighted by molar-refractivity contribution is 7.11. The number of pyridine rings is 1. The zero-order valence-electron chi connectivity index (χ0n) is 15.2. The van der Waals surface area contributed by atoms with Gasteiger partial charge in [-0.25, -0.2) is 9.97 Å². The molecule has 0 bridgehead atoms. The quantitative estimate of drug-likeness (QED) is 0.644. The average molecular weight is 434 g/mol. The van der Waals surface area contributed by atoms with Crippen LogP contribution in [0, 0.1) is 5.41 Å². The lowest BCUT2D eigenvalue weighted by atomic mass is 9.74. The van der Waals surface area contributed by atoms with Crippen molar-refractivity contribution in [3.63, 3.8) is 0 Å². The van der Waals surface area contributed by atoms with Gasteiger partial charge in [0.05, 0.1) is 11.7 Å². The second kappa shape index (κ2) is 7.39. The molecule has 9 heteroatoms. The average Bonchev–Trinajstić information content (AvgIpc) is 3.00. The van der Waals surface area contributed by atoms with Gasteiger partial charge < -0.3 is 5.32 Å². The maximum Gasteiger partial charge on any atom is 0.273 e. The second-order valence-electron chi connectivity index (χ2n) is 7.52. The Morgan fingerprint density at radius 1 is 1.29 bits per heavy atom. The standard InChI is InChI=1S/C19H17Cl2N5OS/c1-19(2)7-12-11(9-23-17(24-12)10-3-5-22-6-4-10)13(8-19)25-18(27)15-14(20)16(21)28-26-15/h3-6,9,13H,7-8H2,1-2H3,(H,25,27)/t13-/m0/s1. The van der Waals surface area contributed by atoms with E-state index in [0.717, 1.165) is 41.2 Å². The molecule has 1 aliphatic rings. The third-order valence-electron chi connectivity index (χ3n) is 4.73. The summed E-state index contributed by atoms with van der Waals surface area (Å²) in [6.07, 6.45) is 6.80. The molecule has 1 N–H and O–H groups in total. The molecule has 4 rings (SSSR count). The van der Waals surface area contributed by atoms with Crippen LogP contribution in [-0.2, 0) is 6.42 Å². The first-order valence-electron chi connectivity index (χ1n) is 8.72. The van der Waals surface area contributed by atoms with Crippen LogP contribution in [0.1, 0.15) is 48.1 Å². The van der Waals surface area contributed by atoms with E-state index >= 15 is 0 Å². The zero-order valence-corrected chi connectivity index (χ0v) is 17.6. The molecule has 1 aliphatic carbocycles. The number of fused-ring (bicyclic) bond motifs is 1. The van der Waals surface area contributed by atoms with E-state index in [2.05, 4.69) is 33.5 Å². The fourth-order valence-electron chi connectivity index (χ4n) is 3.44. The number of hydrogen-bond donors (Lipinski definition) is 1. The van der Waals surface area contributed by atoms with Crippen LogP contribution in [0.15, 0.2) is 30.7 Å². The van der Waals surface area contributed by atoms with Gasteiger partial charge in [0.2, 0.25) is 0 Å². The maximum atomic E-state index is 12.7. The van der Waals surface area contributed by atoms with Gasteiger partial charge >= 0.3 is 0 Å². The highest BCUT2D eigenvalue weighted by Gasteiger charge is 2.35. The number of carbonyl (C=O) groups is 1. The monoisotopic (exact) mass is 433 g/mol. The highest BCUT2D eigenvalue weighted by atomic mass is 35.5. The van der Waals surface area contributed by atoms with Gasteiger partial charge in [0.15, 0.2) is 11.5 Å². The predicted octanol–water partition coefficient (Wildman–Crippen LogP) is 4.75. The molecule has 0 unspecified atom stereocenters. The van der Waals surface area contributed by atoms with Crippen LogP contribution in [0.3, 0.4) is 0 Å². The largest absolute Gasteiger partial charge is 0.344 e. The first-order chi connectivity index (χ1) is 13.3. The van der Waals surface area contributed by atoms with Gasteiger partial charge in [-0.1, -0.05) is 37.0 Å². The fraction of sp³-hybridized carbons (Fsp3) is 0.316. The first-order valence-corrected chi connectivity index (χ1v) is 10.2. The topological polar surface area (TPSA) is 80.7 Å². The third kappa shape index (κ3) is 3.74. The molecule has 0 spiro atoms. The number of nitrogens with one attached hydrogen (secondary N) is 1. The molecule has 0 saturated heterocycles. The van der Waals surface area contributed by atoms with E-state index in [0.29, 0.717) is 10.2 Å². The molecule has 0 aromatic carbocycles. The molecule has 28 heavy (non-hydrogen) atoms. The number of hydrogen-bond acceptors (Lipinski definition) is 6. The molecule has 0 saturated carbocycles. The van der Waals surface area contributed by atoms with E-state index < -0.39 is 0 Å². The summed E-state index contributed by atoms with van der Waals surface area (Å²) in [6.45, 7) is 4.33. The van der Waals surface area contributed by atoms with Gasteiger partial charge in [-0.15, -0.1) is 0 Å². The molecule has 0 aliphatic heterocycles. The molecule has 3 aromatic rings. The molecule has 144 valence electrons. The van der Waals surface area contributed by atoms with Crippen molar-refractivity contribution in [3.05, 3.63) is 57.0 Å². The number of aromatic nitrogens is 4. The normalized spacial score (nSPS) is 17.8. The number of nitrogens with zero attached hydrogens (tertiary/aromatic N) is 4. The van der Waals surface area contributed by atoms with Gasteiger partial charge in [-0.3, -0.25) is 9.78 Å². The van der Waals surface area contributed by atoms with E-state index in [9.17, 15) is 4.79 Å². The minimum atomic E-state index is -0.347. The van der Waals surface area contributed by atoms with Crippen LogP contribution in [0.5, 0.6) is 0 Å². The summed E-state index contributed by atoms with van der Waals surface area (Å²) in [4.78, 5) is 26.0. The van der Waals surface area contributed by atoms with Crippen LogP contribution >= 0.6 is 34.7 Å². The highest BCUT2D eigenvalue weighted by Crippen LogP contribution is 2.40. The molecule has 0 fully saturated rings. The number of carbonyl (C=O) groups excluding carboxylic acids is 1. The Morgan fingerprint density at radius 2 is 2.04 bits per heavy atom. The number of rotatable bonds is 3. The van der Waals surface area contributed by atoms with Crippen molar-refractivity contribution in [1.82, 2.24) is 24.6 Å². The van der Waals surface area contributed by atoms with Crippen molar-refractivity contribution in [2.45, 2.75) is 32.7 Å². The summed E-state index contributed by atoms with van der Waals surface area (Å²) in [7, 11) is 0. The molecule has 0 radical (unpaired) electrons. The summed E-state index contributed by atoms with van der Waals surface area (Å²) in [5.41, 5.74) is 2.88. The molecule has 1 amide bonds. The van der Waals surface area contributed by atoms with Crippen molar-refractivity contribution < 1.29 is 4.79 Å². The Kier molecular flexibility index (Phi) is 5.07. The molecule has 3 heterocycles. The van der Waals surface area contributed by atoms with Gasteiger partial charge in [0, 0.05) is 29.7 Å². The van der Waals surface area contributed by atoms with Gasteiger partial charge in [-0.2, -0.15) is 4.37 Å². The maximum absolute atomic E-state index is 12.7. The lowest BCUT2D eigenvalue weighted by Crippen LogP contribution is -2.37. The third-order valence-corrected chi connectivity index (χ3v) is 6.35. The van der Waals surface area contributed by atoms with Crippen molar-refractivity contribution in [1.29, 1.82) is 0 Å². The van der Waals surface area contributed by atoms with Gasteiger partial charge in [0.25, 0.3) is 5.91 Å². The van der Waals surface area contributed by atoms with Crippen molar-refractivity contribution in [2.75, 3.05) is 0 Å². The Hall–Kier alpha value is -2.09. The second-order valence-corrected chi connectivity index (χ2v) is 9.27. The van der Waals surface area contributed by atoms with Crippen molar-refractivity contribution >= 4 is 40.6 Å². The fourth-order valence-corrected chi connectivity index (χ4v) is 4.44. The van der Waals surface area contributed by atoms with Crippen LogP contribution in [-0.4, -0.2) is 25.2 Å². The molecule has 6 nitrogen and oxygen atoms in total. The van der Waals surface area contributed by atoms with E-state index in [4.69, 9.17) is 28.2 Å². The van der Waals surface area contributed by atoms with E-state index in [1.165, 1.54) is 0 Å². The van der Waals surface area contributed by atoms with Crippen molar-refractivity contribution in [3.8, 4) is 11.4 Å². The zero-order chi connectivity index (χ0) is 19.9. The summed E-state index contributed by atoms with van der Waals surface area (Å²) in [5.74, 6) is 0.304. The van der Waals surface area contributed by atoms with Crippen LogP contribution in [0.25, 0.3) is 11.4 Å². The first kappa shape index (κ1) is 19.2. The summed E-state index contributed by atoms with van der Waals surface area (Å²) in [5, 5.41) is 3.22. The van der Waals surface area contributed by atoms with E-state index in [-0.39, 0.29) is 28.1 Å². The van der Waals surface area contributed by atoms with E-state index in [1.54, 1.807) is 18.6 Å². The number of amides is 1. The minimum Gasteiger partial charge on any atom is -0.344 e. The van der Waals surface area contributed by atoms with E-state index in [1.807, 2.05) is 12.1 Å². The lowest BCUT2D eigenvalue weighted by Gasteiger charge is -2.36. The summed E-state index contributed by atoms with van der Waals surface area (Å²) in [6, 6.07) is 3.53. The van der Waals surface area contributed by atoms with Crippen LogP contribution in [0.2, 0.25) is 9.36 Å². The minimum absolute atomic E-state index is 0.0294. The molecule has 3 aromatic heterocycles. The smallest absolute Gasteiger partial charge is 0.273 e. The molecular formula is C19H17Cl2N5OS. The summed E-state index contributed by atoms with van der Waals surface area (Å²) >= 11 is 13.0. The molecule has 1 atom stereocenters. The number of halogens is 2. The van der Waals surface area contributed by atoms with Crippen molar-refractivity contribution in [2.24, 2.45) is 5.41 Å². The SMILES string of the molecule is CC1(C)Cc2nc(-c3ccncc3)ncc2[C@@H](NC(=O)c2nsc(Cl)c2Cl)C1. The Balaban J connectivity index is 1.67. The lowest BCUT2D eigenvalue weighted by molar-refractivity contribution is 0.0915. The van der Waals surface area contributed by atoms with Crippen LogP contribution < -0.4 is 5.32 Å². The molecular weight excluding hydrogens is 417 g/mol. The predicted molar refractivity (Wildman–Crippen MR) is 110 cm³/mol. The Bertz CT molecular complexity index is 1040. The van der Waals surface area contributed by atoms with Gasteiger partial charge in [0.1, 0.15) is 9.36 Å². The Labute approximate surface area is 176 Å². The Morgan fingerprint density at radius 3 is 2.71 bits per heavy atom. The van der Waals surface area contributed by atoms with Gasteiger partial charge in [-0.05, 0) is 41.9 Å². The van der Waals surface area contributed by atoms with Crippen LogP contribution in [0.4, 0.5) is 0 Å².